The van der Waals surface area contributed by atoms with Gasteiger partial charge in [0.2, 0.25) is 0 Å². The molecule has 1 fully saturated rings. The molecule has 1 amide bonds. The number of ketones is 1. The van der Waals surface area contributed by atoms with Gasteiger partial charge in [-0.2, -0.15) is 0 Å². The third-order valence-corrected chi connectivity index (χ3v) is 6.15. The van der Waals surface area contributed by atoms with E-state index in [-0.39, 0.29) is 18.1 Å². The molecule has 7 nitrogen and oxygen atoms in total. The number of carbonyl (C=O) groups is 3. The standard InChI is InChI=1S/C26H29NO6/c1-16(2)10-12-32-20-5-7-21(8-6-20)33-23-9-11-27(26(23)31)19-4-3-17-13-18(14-24(28)29)25(30)22(17)15-19/h3-8,15-16,18,23H,9-14H2,1-2H3,(H,28,29). The molecule has 1 heterocycles. The summed E-state index contributed by atoms with van der Waals surface area (Å²) in [6, 6.07) is 12.6. The van der Waals surface area contributed by atoms with Crippen molar-refractivity contribution in [2.75, 3.05) is 18.1 Å². The van der Waals surface area contributed by atoms with Gasteiger partial charge in [-0.1, -0.05) is 19.9 Å². The number of Topliss-reactive ketones (excluding diaryl/α,β-unsaturated/α-hetero) is 1. The Morgan fingerprint density at radius 2 is 1.85 bits per heavy atom. The topological polar surface area (TPSA) is 93.1 Å². The Morgan fingerprint density at radius 3 is 2.55 bits per heavy atom. The lowest BCUT2D eigenvalue weighted by Crippen LogP contribution is -2.32. The van der Waals surface area contributed by atoms with Crippen LogP contribution in [0.3, 0.4) is 0 Å². The summed E-state index contributed by atoms with van der Waals surface area (Å²) < 4.78 is 11.7. The molecule has 7 heteroatoms. The average Bonchev–Trinajstić information content (AvgIpc) is 3.28. The van der Waals surface area contributed by atoms with Gasteiger partial charge in [-0.25, -0.2) is 0 Å². The third kappa shape index (κ3) is 5.18. The molecule has 0 radical (unpaired) electrons. The molecule has 2 aromatic carbocycles. The highest BCUT2D eigenvalue weighted by Gasteiger charge is 2.37. The van der Waals surface area contributed by atoms with E-state index in [9.17, 15) is 14.4 Å². The zero-order valence-electron chi connectivity index (χ0n) is 19.0. The lowest BCUT2D eigenvalue weighted by molar-refractivity contribution is -0.137. The van der Waals surface area contributed by atoms with Crippen molar-refractivity contribution in [1.29, 1.82) is 0 Å². The van der Waals surface area contributed by atoms with E-state index in [0.29, 0.717) is 48.9 Å². The summed E-state index contributed by atoms with van der Waals surface area (Å²) in [7, 11) is 0. The summed E-state index contributed by atoms with van der Waals surface area (Å²) in [5.41, 5.74) is 2.00. The van der Waals surface area contributed by atoms with Crippen LogP contribution in [0.2, 0.25) is 0 Å². The van der Waals surface area contributed by atoms with E-state index in [1.165, 1.54) is 0 Å². The molecule has 4 rings (SSSR count). The number of ether oxygens (including phenoxy) is 2. The molecule has 2 aromatic rings. The average molecular weight is 452 g/mol. The summed E-state index contributed by atoms with van der Waals surface area (Å²) in [4.78, 5) is 38.3. The van der Waals surface area contributed by atoms with Gasteiger partial charge in [-0.15, -0.1) is 0 Å². The molecule has 0 spiro atoms. The number of carbonyl (C=O) groups excluding carboxylic acids is 2. The fourth-order valence-electron chi connectivity index (χ4n) is 4.30. The number of rotatable bonds is 9. The van der Waals surface area contributed by atoms with Crippen molar-refractivity contribution in [3.8, 4) is 11.5 Å². The second-order valence-corrected chi connectivity index (χ2v) is 9.09. The van der Waals surface area contributed by atoms with E-state index >= 15 is 0 Å². The number of carboxylic acid groups (broad SMARTS) is 1. The quantitative estimate of drug-likeness (QED) is 0.616. The number of hydrogen-bond acceptors (Lipinski definition) is 5. The van der Waals surface area contributed by atoms with Gasteiger partial charge in [0.15, 0.2) is 11.9 Å². The lowest BCUT2D eigenvalue weighted by atomic mass is 10.0. The Labute approximate surface area is 193 Å². The monoisotopic (exact) mass is 451 g/mol. The molecule has 0 aromatic heterocycles. The first kappa shape index (κ1) is 22.8. The van der Waals surface area contributed by atoms with E-state index in [1.807, 2.05) is 24.3 Å². The molecule has 1 saturated heterocycles. The number of anilines is 1. The zero-order valence-corrected chi connectivity index (χ0v) is 19.0. The van der Waals surface area contributed by atoms with Gasteiger partial charge in [0.05, 0.1) is 13.0 Å². The Bertz CT molecular complexity index is 1050. The molecular weight excluding hydrogens is 422 g/mol. The first-order valence-electron chi connectivity index (χ1n) is 11.4. The van der Waals surface area contributed by atoms with Crippen LogP contribution in [-0.2, 0) is 16.0 Å². The van der Waals surface area contributed by atoms with E-state index in [2.05, 4.69) is 13.8 Å². The van der Waals surface area contributed by atoms with Crippen molar-refractivity contribution in [2.45, 2.75) is 45.6 Å². The van der Waals surface area contributed by atoms with E-state index in [4.69, 9.17) is 14.6 Å². The van der Waals surface area contributed by atoms with Gasteiger partial charge in [-0.3, -0.25) is 14.4 Å². The van der Waals surface area contributed by atoms with E-state index in [0.717, 1.165) is 17.7 Å². The minimum Gasteiger partial charge on any atom is -0.494 e. The van der Waals surface area contributed by atoms with E-state index in [1.54, 1.807) is 23.1 Å². The normalized spacial score (nSPS) is 19.8. The van der Waals surface area contributed by atoms with Crippen molar-refractivity contribution < 1.29 is 29.0 Å². The maximum absolute atomic E-state index is 13.0. The van der Waals surface area contributed by atoms with Crippen molar-refractivity contribution in [3.63, 3.8) is 0 Å². The van der Waals surface area contributed by atoms with Gasteiger partial charge in [-0.05, 0) is 60.7 Å². The van der Waals surface area contributed by atoms with E-state index < -0.39 is 18.0 Å². The maximum atomic E-state index is 13.0. The number of aliphatic carboxylic acids is 1. The Hall–Kier alpha value is -3.35. The molecule has 1 aliphatic heterocycles. The van der Waals surface area contributed by atoms with Gasteiger partial charge in [0.1, 0.15) is 11.5 Å². The molecule has 2 unspecified atom stereocenters. The van der Waals surface area contributed by atoms with Crippen LogP contribution in [-0.4, -0.2) is 42.0 Å². The third-order valence-electron chi connectivity index (χ3n) is 6.15. The molecule has 1 aliphatic carbocycles. The Morgan fingerprint density at radius 1 is 1.12 bits per heavy atom. The SMILES string of the molecule is CC(C)CCOc1ccc(OC2CCN(c3ccc4c(c3)C(=O)C(CC(=O)O)C4)C2=O)cc1. The predicted octanol–water partition coefficient (Wildman–Crippen LogP) is 4.13. The van der Waals surface area contributed by atoms with Crippen LogP contribution in [0, 0.1) is 11.8 Å². The molecule has 2 aliphatic rings. The van der Waals surface area contributed by atoms with Gasteiger partial charge in [0.25, 0.3) is 5.91 Å². The molecule has 33 heavy (non-hydrogen) atoms. The van der Waals surface area contributed by atoms with Crippen LogP contribution < -0.4 is 14.4 Å². The molecule has 0 saturated carbocycles. The number of benzene rings is 2. The lowest BCUT2D eigenvalue weighted by Gasteiger charge is -2.18. The number of hydrogen-bond donors (Lipinski definition) is 1. The van der Waals surface area contributed by atoms with Crippen LogP contribution in [0.15, 0.2) is 42.5 Å². The van der Waals surface area contributed by atoms with Gasteiger partial charge < -0.3 is 19.5 Å². The summed E-state index contributed by atoms with van der Waals surface area (Å²) in [5.74, 6) is 0.128. The van der Waals surface area contributed by atoms with Crippen LogP contribution in [0.1, 0.15) is 49.0 Å². The molecular formula is C26H29NO6. The molecule has 174 valence electrons. The fourth-order valence-corrected chi connectivity index (χ4v) is 4.30. The molecule has 1 N–H and O–H groups in total. The summed E-state index contributed by atoms with van der Waals surface area (Å²) in [6.45, 7) is 5.46. The van der Waals surface area contributed by atoms with Crippen LogP contribution in [0.4, 0.5) is 5.69 Å². The Balaban J connectivity index is 1.38. The first-order valence-corrected chi connectivity index (χ1v) is 11.4. The van der Waals surface area contributed by atoms with Gasteiger partial charge >= 0.3 is 5.97 Å². The van der Waals surface area contributed by atoms with Crippen LogP contribution >= 0.6 is 0 Å². The maximum Gasteiger partial charge on any atom is 0.304 e. The number of amides is 1. The number of fused-ring (bicyclic) bond motifs is 1. The molecule has 0 bridgehead atoms. The summed E-state index contributed by atoms with van der Waals surface area (Å²) in [6.07, 6.45) is 1.18. The number of nitrogens with zero attached hydrogens (tertiary/aromatic N) is 1. The second-order valence-electron chi connectivity index (χ2n) is 9.09. The zero-order chi connectivity index (χ0) is 23.5. The van der Waals surface area contributed by atoms with Gasteiger partial charge in [0, 0.05) is 30.1 Å². The highest BCUT2D eigenvalue weighted by molar-refractivity contribution is 6.06. The van der Waals surface area contributed by atoms with Crippen molar-refractivity contribution in [3.05, 3.63) is 53.6 Å². The second kappa shape index (κ2) is 9.65. The van der Waals surface area contributed by atoms with Crippen molar-refractivity contribution in [2.24, 2.45) is 11.8 Å². The highest BCUT2D eigenvalue weighted by Crippen LogP contribution is 2.34. The summed E-state index contributed by atoms with van der Waals surface area (Å²) >= 11 is 0. The highest BCUT2D eigenvalue weighted by atomic mass is 16.5. The summed E-state index contributed by atoms with van der Waals surface area (Å²) in [5, 5.41) is 9.03. The first-order chi connectivity index (χ1) is 15.8. The molecule has 2 atom stereocenters. The van der Waals surface area contributed by atoms with Crippen LogP contribution in [0.5, 0.6) is 11.5 Å². The largest absolute Gasteiger partial charge is 0.494 e. The Kier molecular flexibility index (Phi) is 6.67. The smallest absolute Gasteiger partial charge is 0.304 e. The minimum atomic E-state index is -0.980. The van der Waals surface area contributed by atoms with Crippen molar-refractivity contribution >= 4 is 23.3 Å². The fraction of sp³-hybridized carbons (Fsp3) is 0.423. The number of carboxylic acids is 1. The van der Waals surface area contributed by atoms with Crippen LogP contribution in [0.25, 0.3) is 0 Å². The van der Waals surface area contributed by atoms with Crippen molar-refractivity contribution in [1.82, 2.24) is 0 Å². The predicted molar refractivity (Wildman–Crippen MR) is 123 cm³/mol. The minimum absolute atomic E-state index is 0.153.